The Bertz CT molecular complexity index is 414. The number of carbonyl (C=O) groups is 1. The van der Waals surface area contributed by atoms with E-state index in [0.29, 0.717) is 5.92 Å². The minimum absolute atomic E-state index is 0.162. The molecule has 3 nitrogen and oxygen atoms in total. The number of hydrogen-bond donors (Lipinski definition) is 1. The summed E-state index contributed by atoms with van der Waals surface area (Å²) in [4.78, 5) is 15.5. The Morgan fingerprint density at radius 1 is 1.39 bits per heavy atom. The standard InChI is InChI=1S/C14H20N2OS/c1-18-13-5-3-2-4-12(13)14(17)16-8-6-11(10-15)7-9-16/h2-5,11H,6-10,15H2,1H3. The number of rotatable bonds is 3. The van der Waals surface area contributed by atoms with Gasteiger partial charge >= 0.3 is 0 Å². The highest BCUT2D eigenvalue weighted by atomic mass is 32.2. The van der Waals surface area contributed by atoms with E-state index in [2.05, 4.69) is 0 Å². The summed E-state index contributed by atoms with van der Waals surface area (Å²) >= 11 is 1.63. The van der Waals surface area contributed by atoms with Gasteiger partial charge in [0.15, 0.2) is 0 Å². The molecule has 0 radical (unpaired) electrons. The maximum atomic E-state index is 12.5. The van der Waals surface area contributed by atoms with Gasteiger partial charge in [-0.2, -0.15) is 0 Å². The number of benzene rings is 1. The summed E-state index contributed by atoms with van der Waals surface area (Å²) in [6.45, 7) is 2.41. The average molecular weight is 264 g/mol. The van der Waals surface area contributed by atoms with Crippen molar-refractivity contribution >= 4 is 17.7 Å². The van der Waals surface area contributed by atoms with Gasteiger partial charge in [-0.05, 0) is 43.7 Å². The van der Waals surface area contributed by atoms with E-state index in [4.69, 9.17) is 5.73 Å². The molecule has 18 heavy (non-hydrogen) atoms. The fourth-order valence-corrected chi connectivity index (χ4v) is 2.95. The Hall–Kier alpha value is -1.00. The minimum atomic E-state index is 0.162. The number of hydrogen-bond acceptors (Lipinski definition) is 3. The smallest absolute Gasteiger partial charge is 0.254 e. The van der Waals surface area contributed by atoms with Crippen LogP contribution in [0.2, 0.25) is 0 Å². The van der Waals surface area contributed by atoms with E-state index >= 15 is 0 Å². The van der Waals surface area contributed by atoms with Gasteiger partial charge in [0, 0.05) is 18.0 Å². The Labute approximate surface area is 113 Å². The van der Waals surface area contributed by atoms with Crippen molar-refractivity contribution in [3.63, 3.8) is 0 Å². The molecule has 4 heteroatoms. The zero-order chi connectivity index (χ0) is 13.0. The van der Waals surface area contributed by atoms with Crippen molar-refractivity contribution < 1.29 is 4.79 Å². The summed E-state index contributed by atoms with van der Waals surface area (Å²) in [5.74, 6) is 0.750. The fourth-order valence-electron chi connectivity index (χ4n) is 2.36. The van der Waals surface area contributed by atoms with Crippen LogP contribution in [0.25, 0.3) is 0 Å². The lowest BCUT2D eigenvalue weighted by Crippen LogP contribution is -2.40. The number of likely N-dealkylation sites (tertiary alicyclic amines) is 1. The molecule has 1 amide bonds. The molecule has 0 atom stereocenters. The molecule has 0 unspecified atom stereocenters. The lowest BCUT2D eigenvalue weighted by molar-refractivity contribution is 0.0690. The van der Waals surface area contributed by atoms with Crippen LogP contribution in [0.15, 0.2) is 29.2 Å². The van der Waals surface area contributed by atoms with Crippen molar-refractivity contribution in [3.05, 3.63) is 29.8 Å². The van der Waals surface area contributed by atoms with Gasteiger partial charge in [-0.1, -0.05) is 12.1 Å². The largest absolute Gasteiger partial charge is 0.339 e. The molecule has 0 aliphatic carbocycles. The van der Waals surface area contributed by atoms with Gasteiger partial charge in [0.2, 0.25) is 0 Å². The summed E-state index contributed by atoms with van der Waals surface area (Å²) in [5.41, 5.74) is 6.50. The van der Waals surface area contributed by atoms with E-state index in [-0.39, 0.29) is 5.91 Å². The molecule has 0 bridgehead atoms. The van der Waals surface area contributed by atoms with Gasteiger partial charge < -0.3 is 10.6 Å². The lowest BCUT2D eigenvalue weighted by atomic mass is 9.96. The third-order valence-electron chi connectivity index (χ3n) is 3.57. The predicted octanol–water partition coefficient (Wildman–Crippen LogP) is 2.22. The van der Waals surface area contributed by atoms with Crippen LogP contribution in [0.1, 0.15) is 23.2 Å². The number of carbonyl (C=O) groups excluding carboxylic acids is 1. The number of nitrogens with two attached hydrogens (primary N) is 1. The number of piperidine rings is 1. The molecule has 2 rings (SSSR count). The van der Waals surface area contributed by atoms with Crippen LogP contribution in [0.4, 0.5) is 0 Å². The highest BCUT2D eigenvalue weighted by Crippen LogP contribution is 2.24. The average Bonchev–Trinajstić information content (AvgIpc) is 2.46. The van der Waals surface area contributed by atoms with Gasteiger partial charge in [0.1, 0.15) is 0 Å². The minimum Gasteiger partial charge on any atom is -0.339 e. The topological polar surface area (TPSA) is 46.3 Å². The van der Waals surface area contributed by atoms with E-state index in [9.17, 15) is 4.79 Å². The first-order chi connectivity index (χ1) is 8.76. The lowest BCUT2D eigenvalue weighted by Gasteiger charge is -2.31. The maximum Gasteiger partial charge on any atom is 0.254 e. The molecule has 1 aromatic rings. The molecule has 0 saturated carbocycles. The van der Waals surface area contributed by atoms with Gasteiger partial charge in [-0.3, -0.25) is 4.79 Å². The summed E-state index contributed by atoms with van der Waals surface area (Å²) in [5, 5.41) is 0. The molecule has 1 fully saturated rings. The van der Waals surface area contributed by atoms with Gasteiger partial charge in [0.05, 0.1) is 5.56 Å². The number of thioether (sulfide) groups is 1. The van der Waals surface area contributed by atoms with Crippen LogP contribution in [0.3, 0.4) is 0 Å². The SMILES string of the molecule is CSc1ccccc1C(=O)N1CCC(CN)CC1. The summed E-state index contributed by atoms with van der Waals surface area (Å²) < 4.78 is 0. The zero-order valence-corrected chi connectivity index (χ0v) is 11.6. The Balaban J connectivity index is 2.08. The molecule has 0 aromatic heterocycles. The molecule has 2 N–H and O–H groups in total. The van der Waals surface area contributed by atoms with E-state index < -0.39 is 0 Å². The van der Waals surface area contributed by atoms with Crippen molar-refractivity contribution in [1.82, 2.24) is 4.90 Å². The second kappa shape index (κ2) is 6.25. The van der Waals surface area contributed by atoms with E-state index in [1.54, 1.807) is 11.8 Å². The van der Waals surface area contributed by atoms with Gasteiger partial charge in [-0.15, -0.1) is 11.8 Å². The Kier molecular flexibility index (Phi) is 4.66. The van der Waals surface area contributed by atoms with Crippen LogP contribution in [0.5, 0.6) is 0 Å². The first-order valence-corrected chi connectivity index (χ1v) is 7.61. The highest BCUT2D eigenvalue weighted by molar-refractivity contribution is 7.98. The van der Waals surface area contributed by atoms with E-state index in [1.165, 1.54) is 0 Å². The third kappa shape index (κ3) is 2.87. The second-order valence-electron chi connectivity index (χ2n) is 4.67. The van der Waals surface area contributed by atoms with Crippen molar-refractivity contribution in [1.29, 1.82) is 0 Å². The second-order valence-corrected chi connectivity index (χ2v) is 5.52. The van der Waals surface area contributed by atoms with Crippen molar-refractivity contribution in [3.8, 4) is 0 Å². The van der Waals surface area contributed by atoms with Gasteiger partial charge in [-0.25, -0.2) is 0 Å². The molecule has 1 aliphatic rings. The van der Waals surface area contributed by atoms with Crippen molar-refractivity contribution in [2.45, 2.75) is 17.7 Å². The number of amides is 1. The fraction of sp³-hybridized carbons (Fsp3) is 0.500. The Morgan fingerprint density at radius 2 is 2.06 bits per heavy atom. The van der Waals surface area contributed by atoms with Crippen LogP contribution in [0, 0.1) is 5.92 Å². The van der Waals surface area contributed by atoms with E-state index in [0.717, 1.165) is 42.9 Å². The van der Waals surface area contributed by atoms with Crippen LogP contribution < -0.4 is 5.73 Å². The first-order valence-electron chi connectivity index (χ1n) is 6.38. The molecular weight excluding hydrogens is 244 g/mol. The number of nitrogens with zero attached hydrogens (tertiary/aromatic N) is 1. The van der Waals surface area contributed by atoms with E-state index in [1.807, 2.05) is 35.4 Å². The quantitative estimate of drug-likeness (QED) is 0.852. The van der Waals surface area contributed by atoms with Crippen molar-refractivity contribution in [2.75, 3.05) is 25.9 Å². The monoisotopic (exact) mass is 264 g/mol. The molecule has 0 spiro atoms. The third-order valence-corrected chi connectivity index (χ3v) is 4.37. The van der Waals surface area contributed by atoms with Crippen LogP contribution in [-0.2, 0) is 0 Å². The normalized spacial score (nSPS) is 16.9. The molecule has 1 aliphatic heterocycles. The molecule has 1 saturated heterocycles. The Morgan fingerprint density at radius 3 is 2.67 bits per heavy atom. The summed E-state index contributed by atoms with van der Waals surface area (Å²) in [6, 6.07) is 7.83. The predicted molar refractivity (Wildman–Crippen MR) is 75.9 cm³/mol. The molecule has 98 valence electrons. The van der Waals surface area contributed by atoms with Gasteiger partial charge in [0.25, 0.3) is 5.91 Å². The maximum absolute atomic E-state index is 12.5. The summed E-state index contributed by atoms with van der Waals surface area (Å²) in [7, 11) is 0. The molecular formula is C14H20N2OS. The van der Waals surface area contributed by atoms with Crippen LogP contribution >= 0.6 is 11.8 Å². The van der Waals surface area contributed by atoms with Crippen LogP contribution in [-0.4, -0.2) is 36.7 Å². The molecule has 1 heterocycles. The summed E-state index contributed by atoms with van der Waals surface area (Å²) in [6.07, 6.45) is 4.07. The molecule has 1 aromatic carbocycles. The van der Waals surface area contributed by atoms with Crippen molar-refractivity contribution in [2.24, 2.45) is 11.7 Å². The zero-order valence-electron chi connectivity index (χ0n) is 10.8. The first kappa shape index (κ1) is 13.4. The highest BCUT2D eigenvalue weighted by Gasteiger charge is 2.23.